The minimum Gasteiger partial charge on any atom is -0.496 e. The summed E-state index contributed by atoms with van der Waals surface area (Å²) in [6, 6.07) is 21.0. The molecule has 1 aliphatic heterocycles. The molecular weight excluding hydrogens is 713 g/mol. The minimum absolute atomic E-state index is 0.168. The molecule has 1 unspecified atom stereocenters. The van der Waals surface area contributed by atoms with Crippen LogP contribution in [-0.2, 0) is 27.2 Å². The highest BCUT2D eigenvalue weighted by atomic mass is 79.9. The van der Waals surface area contributed by atoms with Gasteiger partial charge in [0.15, 0.2) is 0 Å². The predicted molar refractivity (Wildman–Crippen MR) is 190 cm³/mol. The highest BCUT2D eigenvalue weighted by Gasteiger charge is 2.38. The Labute approximate surface area is 293 Å². The van der Waals surface area contributed by atoms with E-state index in [0.29, 0.717) is 54.3 Å². The summed E-state index contributed by atoms with van der Waals surface area (Å²) < 4.78 is 56.1. The van der Waals surface area contributed by atoms with Crippen molar-refractivity contribution >= 4 is 53.5 Å². The second-order valence-electron chi connectivity index (χ2n) is 11.3. The van der Waals surface area contributed by atoms with Gasteiger partial charge in [-0.15, -0.1) is 0 Å². The zero-order chi connectivity index (χ0) is 34.2. The van der Waals surface area contributed by atoms with Crippen LogP contribution < -0.4 is 20.1 Å². The van der Waals surface area contributed by atoms with Gasteiger partial charge in [-0.2, -0.15) is 8.42 Å². The molecule has 0 bridgehead atoms. The van der Waals surface area contributed by atoms with Crippen LogP contribution in [0.3, 0.4) is 0 Å². The summed E-state index contributed by atoms with van der Waals surface area (Å²) in [7, 11) is -0.773. The van der Waals surface area contributed by atoms with E-state index in [4.69, 9.17) is 14.2 Å². The van der Waals surface area contributed by atoms with E-state index in [1.54, 1.807) is 43.8 Å². The molecule has 0 saturated heterocycles. The largest absolute Gasteiger partial charge is 0.496 e. The van der Waals surface area contributed by atoms with Crippen molar-refractivity contribution in [1.29, 1.82) is 0 Å². The first-order valence-electron chi connectivity index (χ1n) is 15.5. The number of ether oxygens (including phenoxy) is 3. The lowest BCUT2D eigenvalue weighted by molar-refractivity contribution is 0.0284. The number of anilines is 2. The van der Waals surface area contributed by atoms with Gasteiger partial charge in [0, 0.05) is 41.9 Å². The number of nitrogens with zero attached hydrogens (tertiary/aromatic N) is 3. The maximum Gasteiger partial charge on any atom is 0.220 e. The number of nitrogens with one attached hydrogen (secondary N) is 2. The molecule has 0 radical (unpaired) electrons. The number of aromatic nitrogens is 3. The molecule has 0 amide bonds. The molecular formula is C36H33BrFN5O5S. The van der Waals surface area contributed by atoms with Crippen LogP contribution in [0.25, 0.3) is 10.9 Å². The topological polar surface area (TPSA) is 125 Å². The number of hydrogen-bond donors (Lipinski definition) is 2. The lowest BCUT2D eigenvalue weighted by Gasteiger charge is -2.31. The van der Waals surface area contributed by atoms with Crippen LogP contribution in [0.4, 0.5) is 15.9 Å². The molecule has 0 aliphatic carbocycles. The fourth-order valence-electron chi connectivity index (χ4n) is 5.73. The number of fused-ring (bicyclic) bond motifs is 1. The summed E-state index contributed by atoms with van der Waals surface area (Å²) in [4.78, 5) is 13.4. The van der Waals surface area contributed by atoms with Crippen LogP contribution in [0.2, 0.25) is 0 Å². The van der Waals surface area contributed by atoms with Crippen LogP contribution >= 0.6 is 15.9 Å². The molecule has 3 aromatic carbocycles. The predicted octanol–water partition coefficient (Wildman–Crippen LogP) is 6.86. The van der Waals surface area contributed by atoms with Gasteiger partial charge in [-0.1, -0.05) is 18.2 Å². The van der Waals surface area contributed by atoms with Crippen LogP contribution in [0.15, 0.2) is 102 Å². The highest BCUT2D eigenvalue weighted by Crippen LogP contribution is 2.45. The first-order valence-corrected chi connectivity index (χ1v) is 17.4. The first kappa shape index (κ1) is 34.0. The van der Waals surface area contributed by atoms with E-state index in [1.807, 2.05) is 42.5 Å². The molecule has 252 valence electrons. The third-order valence-electron chi connectivity index (χ3n) is 8.13. The molecule has 2 aromatic heterocycles. The van der Waals surface area contributed by atoms with Crippen molar-refractivity contribution in [2.45, 2.75) is 31.5 Å². The Balaban J connectivity index is 1.19. The summed E-state index contributed by atoms with van der Waals surface area (Å²) in [6.45, 7) is 0.952. The number of rotatable bonds is 14. The van der Waals surface area contributed by atoms with Gasteiger partial charge in [-0.05, 0) is 95.5 Å². The molecule has 6 rings (SSSR count). The van der Waals surface area contributed by atoms with Crippen molar-refractivity contribution < 1.29 is 27.0 Å². The van der Waals surface area contributed by atoms with E-state index in [-0.39, 0.29) is 23.8 Å². The van der Waals surface area contributed by atoms with E-state index in [9.17, 15) is 12.8 Å². The SMILES string of the molecule is COc1cc2ncnc(Nc3ccc(OCc4cccc(F)c4)c(Br)c3)c2cc1C1(CCCNCC(c2ccccn2)=S(=O)=O)CC=CO1. The van der Waals surface area contributed by atoms with Gasteiger partial charge in [-0.25, -0.2) is 14.4 Å². The molecule has 2 N–H and O–H groups in total. The summed E-state index contributed by atoms with van der Waals surface area (Å²) in [5, 5.41) is 7.43. The molecule has 13 heteroatoms. The molecule has 1 aliphatic rings. The second-order valence-corrected chi connectivity index (χ2v) is 13.1. The second kappa shape index (κ2) is 15.6. The summed E-state index contributed by atoms with van der Waals surface area (Å²) in [5.74, 6) is 1.55. The Morgan fingerprint density at radius 2 is 1.94 bits per heavy atom. The normalized spacial score (nSPS) is 15.2. The van der Waals surface area contributed by atoms with Gasteiger partial charge < -0.3 is 24.8 Å². The molecule has 3 heterocycles. The van der Waals surface area contributed by atoms with Crippen molar-refractivity contribution in [3.8, 4) is 11.5 Å². The third kappa shape index (κ3) is 8.07. The van der Waals surface area contributed by atoms with Crippen LogP contribution in [0.1, 0.15) is 36.1 Å². The number of halogens is 2. The molecule has 49 heavy (non-hydrogen) atoms. The third-order valence-corrected chi connectivity index (χ3v) is 9.51. The lowest BCUT2D eigenvalue weighted by Crippen LogP contribution is -2.30. The van der Waals surface area contributed by atoms with Crippen molar-refractivity contribution in [3.05, 3.63) is 125 Å². The Kier molecular flexibility index (Phi) is 10.8. The van der Waals surface area contributed by atoms with Crippen molar-refractivity contribution in [1.82, 2.24) is 20.3 Å². The molecule has 5 aromatic rings. The van der Waals surface area contributed by atoms with Gasteiger partial charge >= 0.3 is 0 Å². The number of benzene rings is 3. The summed E-state index contributed by atoms with van der Waals surface area (Å²) in [6.07, 6.45) is 8.72. The van der Waals surface area contributed by atoms with Gasteiger partial charge in [-0.3, -0.25) is 4.98 Å². The Morgan fingerprint density at radius 3 is 2.67 bits per heavy atom. The standard InChI is InChI=1S/C36H33BrFN5O5S/c1-46-33-20-31-27(35(42-23-41-31)43-26-10-11-32(29(37)18-26)47-22-24-7-4-8-25(38)17-24)19-28(33)36(13-6-16-48-36)12-5-14-39-21-34(49(44)45)30-9-2-3-15-40-30/h2-4,6-11,15-20,23,39H,5,12-14,21-22H2,1H3,(H,41,42,43). The van der Waals surface area contributed by atoms with Crippen LogP contribution in [0.5, 0.6) is 11.5 Å². The van der Waals surface area contributed by atoms with Crippen molar-refractivity contribution in [3.63, 3.8) is 0 Å². The van der Waals surface area contributed by atoms with E-state index < -0.39 is 15.9 Å². The van der Waals surface area contributed by atoms with Crippen LogP contribution in [0, 0.1) is 5.82 Å². The molecule has 1 atom stereocenters. The van der Waals surface area contributed by atoms with Crippen LogP contribution in [-0.4, -0.2) is 48.4 Å². The Hall–Kier alpha value is -4.85. The Morgan fingerprint density at radius 1 is 1.04 bits per heavy atom. The van der Waals surface area contributed by atoms with Crippen molar-refractivity contribution in [2.24, 2.45) is 0 Å². The first-order chi connectivity index (χ1) is 23.8. The fourth-order valence-corrected chi connectivity index (χ4v) is 6.73. The van der Waals surface area contributed by atoms with E-state index >= 15 is 0 Å². The summed E-state index contributed by atoms with van der Waals surface area (Å²) >= 11 is 3.59. The maximum absolute atomic E-state index is 13.6. The van der Waals surface area contributed by atoms with Crippen molar-refractivity contribution in [2.75, 3.05) is 25.5 Å². The monoisotopic (exact) mass is 745 g/mol. The number of hydrogen-bond acceptors (Lipinski definition) is 10. The lowest BCUT2D eigenvalue weighted by atomic mass is 9.85. The molecule has 0 fully saturated rings. The average molecular weight is 747 g/mol. The molecule has 0 saturated carbocycles. The van der Waals surface area contributed by atoms with E-state index in [1.165, 1.54) is 18.5 Å². The summed E-state index contributed by atoms with van der Waals surface area (Å²) in [5.41, 5.74) is 2.77. The zero-order valence-electron chi connectivity index (χ0n) is 26.5. The number of pyridine rings is 1. The Bertz CT molecular complexity index is 2120. The molecule has 10 nitrogen and oxygen atoms in total. The van der Waals surface area contributed by atoms with E-state index in [2.05, 4.69) is 41.5 Å². The number of methoxy groups -OCH3 is 1. The van der Waals surface area contributed by atoms with Gasteiger partial charge in [0.2, 0.25) is 10.3 Å². The molecule has 0 spiro atoms. The van der Waals surface area contributed by atoms with E-state index in [0.717, 1.165) is 26.7 Å². The smallest absolute Gasteiger partial charge is 0.220 e. The average Bonchev–Trinajstić information content (AvgIpc) is 3.59. The van der Waals surface area contributed by atoms with Gasteiger partial charge in [0.25, 0.3) is 0 Å². The van der Waals surface area contributed by atoms with Gasteiger partial charge in [0.1, 0.15) is 46.5 Å². The zero-order valence-corrected chi connectivity index (χ0v) is 28.9. The highest BCUT2D eigenvalue weighted by molar-refractivity contribution is 9.10. The maximum atomic E-state index is 13.6. The minimum atomic E-state index is -2.39. The fraction of sp³-hybridized carbons (Fsp3) is 0.222. The quantitative estimate of drug-likeness (QED) is 0.0708. The van der Waals surface area contributed by atoms with Gasteiger partial charge in [0.05, 0.1) is 29.1 Å².